The number of piperazine rings is 1. The van der Waals surface area contributed by atoms with Crippen molar-refractivity contribution in [2.75, 3.05) is 65.5 Å². The molecule has 2 saturated heterocycles. The first-order chi connectivity index (χ1) is 18.6. The molecule has 10 heteroatoms. The molecule has 1 aromatic heterocycles. The second-order valence-corrected chi connectivity index (χ2v) is 9.62. The van der Waals surface area contributed by atoms with E-state index in [0.717, 1.165) is 69.1 Å². The highest BCUT2D eigenvalue weighted by Gasteiger charge is 2.31. The predicted molar refractivity (Wildman–Crippen MR) is 143 cm³/mol. The van der Waals surface area contributed by atoms with Crippen LogP contribution in [0.3, 0.4) is 0 Å². The second kappa shape index (κ2) is 11.7. The van der Waals surface area contributed by atoms with Crippen molar-refractivity contribution in [1.82, 2.24) is 19.9 Å². The molecule has 3 aromatic rings. The van der Waals surface area contributed by atoms with Gasteiger partial charge in [-0.05, 0) is 56.3 Å². The van der Waals surface area contributed by atoms with Gasteiger partial charge in [0.2, 0.25) is 17.6 Å². The highest BCUT2D eigenvalue weighted by atomic mass is 16.5. The Morgan fingerprint density at radius 1 is 0.895 bits per heavy atom. The molecule has 0 spiro atoms. The molecule has 2 aliphatic rings. The Bertz CT molecular complexity index is 1230. The number of carbonyl (C=O) groups is 1. The minimum atomic E-state index is 0.0640. The lowest BCUT2D eigenvalue weighted by molar-refractivity contribution is -0.137. The monoisotopic (exact) mass is 521 g/mol. The van der Waals surface area contributed by atoms with Crippen LogP contribution in [0.5, 0.6) is 17.2 Å². The molecule has 0 atom stereocenters. The van der Waals surface area contributed by atoms with Crippen molar-refractivity contribution in [2.45, 2.75) is 19.4 Å². The van der Waals surface area contributed by atoms with E-state index in [2.05, 4.69) is 26.0 Å². The number of benzene rings is 2. The molecule has 1 amide bonds. The molecule has 38 heavy (non-hydrogen) atoms. The van der Waals surface area contributed by atoms with E-state index in [1.54, 1.807) is 21.3 Å². The number of aromatic nitrogens is 2. The summed E-state index contributed by atoms with van der Waals surface area (Å²) in [5.41, 5.74) is 1.89. The van der Waals surface area contributed by atoms with Gasteiger partial charge in [0, 0.05) is 37.7 Å². The Hall–Kier alpha value is -3.79. The van der Waals surface area contributed by atoms with Crippen LogP contribution < -0.4 is 19.1 Å². The smallest absolute Gasteiger partial charge is 0.241 e. The van der Waals surface area contributed by atoms with Gasteiger partial charge in [-0.3, -0.25) is 9.69 Å². The molecule has 0 N–H and O–H groups in total. The van der Waals surface area contributed by atoms with Gasteiger partial charge in [-0.1, -0.05) is 17.3 Å². The number of amides is 1. The minimum Gasteiger partial charge on any atom is -0.495 e. The van der Waals surface area contributed by atoms with Crippen molar-refractivity contribution in [2.24, 2.45) is 5.92 Å². The first-order valence-corrected chi connectivity index (χ1v) is 13.0. The number of piperidine rings is 1. The fraction of sp³-hybridized carbons (Fsp3) is 0.464. The Labute approximate surface area is 223 Å². The highest BCUT2D eigenvalue weighted by Crippen LogP contribution is 2.32. The van der Waals surface area contributed by atoms with Gasteiger partial charge in [0.05, 0.1) is 33.6 Å². The van der Waals surface area contributed by atoms with Gasteiger partial charge in [-0.15, -0.1) is 0 Å². The lowest BCUT2D eigenvalue weighted by Gasteiger charge is -2.39. The molecule has 2 aromatic carbocycles. The van der Waals surface area contributed by atoms with Crippen molar-refractivity contribution >= 4 is 11.6 Å². The first-order valence-electron chi connectivity index (χ1n) is 13.0. The molecule has 5 rings (SSSR count). The number of methoxy groups -OCH3 is 3. The molecule has 10 nitrogen and oxygen atoms in total. The van der Waals surface area contributed by atoms with Crippen LogP contribution in [0.25, 0.3) is 11.4 Å². The summed E-state index contributed by atoms with van der Waals surface area (Å²) in [6, 6.07) is 13.6. The van der Waals surface area contributed by atoms with E-state index in [0.29, 0.717) is 29.8 Å². The van der Waals surface area contributed by atoms with E-state index in [1.807, 2.05) is 41.3 Å². The zero-order chi connectivity index (χ0) is 26.5. The zero-order valence-electron chi connectivity index (χ0n) is 22.3. The first kappa shape index (κ1) is 25.8. The van der Waals surface area contributed by atoms with Gasteiger partial charge in [0.1, 0.15) is 5.75 Å². The molecule has 202 valence electrons. The van der Waals surface area contributed by atoms with E-state index in [4.69, 9.17) is 18.7 Å². The fourth-order valence-electron chi connectivity index (χ4n) is 5.26. The third-order valence-corrected chi connectivity index (χ3v) is 7.42. The number of hydrogen-bond acceptors (Lipinski definition) is 9. The Morgan fingerprint density at radius 3 is 2.32 bits per heavy atom. The second-order valence-electron chi connectivity index (χ2n) is 9.62. The molecule has 0 unspecified atom stereocenters. The standard InChI is InChI=1S/C28H35N5O5/c1-35-23-7-5-4-6-22(23)32-14-16-33(17-15-32)28(34)20-10-12-31(13-11-20)19-26-29-27(30-38-26)21-8-9-24(36-2)25(18-21)37-3/h4-9,18,20H,10-17,19H2,1-3H3. The summed E-state index contributed by atoms with van der Waals surface area (Å²) < 4.78 is 21.7. The molecule has 3 heterocycles. The topological polar surface area (TPSA) is 93.4 Å². The van der Waals surface area contributed by atoms with Crippen molar-refractivity contribution in [1.29, 1.82) is 0 Å². The Balaban J connectivity index is 1.10. The number of ether oxygens (including phenoxy) is 3. The van der Waals surface area contributed by atoms with Gasteiger partial charge in [-0.2, -0.15) is 4.98 Å². The minimum absolute atomic E-state index is 0.0640. The van der Waals surface area contributed by atoms with Crippen molar-refractivity contribution in [3.8, 4) is 28.6 Å². The Morgan fingerprint density at radius 2 is 1.61 bits per heavy atom. The summed E-state index contributed by atoms with van der Waals surface area (Å²) in [5.74, 6) is 3.55. The van der Waals surface area contributed by atoms with Crippen LogP contribution in [0.1, 0.15) is 18.7 Å². The molecule has 0 aliphatic carbocycles. The third kappa shape index (κ3) is 5.55. The molecular formula is C28H35N5O5. The number of likely N-dealkylation sites (tertiary alicyclic amines) is 1. The predicted octanol–water partition coefficient (Wildman–Crippen LogP) is 3.32. The van der Waals surface area contributed by atoms with Crippen molar-refractivity contribution < 1.29 is 23.5 Å². The van der Waals surface area contributed by atoms with E-state index < -0.39 is 0 Å². The maximum absolute atomic E-state index is 13.2. The van der Waals surface area contributed by atoms with E-state index in [-0.39, 0.29) is 11.8 Å². The van der Waals surface area contributed by atoms with E-state index in [9.17, 15) is 4.79 Å². The molecule has 0 bridgehead atoms. The average molecular weight is 522 g/mol. The lowest BCUT2D eigenvalue weighted by Crippen LogP contribution is -2.51. The highest BCUT2D eigenvalue weighted by molar-refractivity contribution is 5.79. The van der Waals surface area contributed by atoms with Crippen LogP contribution in [0.4, 0.5) is 5.69 Å². The summed E-state index contributed by atoms with van der Waals surface area (Å²) in [6.45, 7) is 5.31. The van der Waals surface area contributed by atoms with Crippen LogP contribution in [0, 0.1) is 5.92 Å². The van der Waals surface area contributed by atoms with Crippen LogP contribution in [-0.4, -0.2) is 86.4 Å². The number of rotatable bonds is 8. The molecule has 2 aliphatic heterocycles. The summed E-state index contributed by atoms with van der Waals surface area (Å²) >= 11 is 0. The summed E-state index contributed by atoms with van der Waals surface area (Å²) in [7, 11) is 4.89. The zero-order valence-corrected chi connectivity index (χ0v) is 22.3. The number of anilines is 1. The van der Waals surface area contributed by atoms with Crippen molar-refractivity contribution in [3.05, 3.63) is 48.4 Å². The lowest BCUT2D eigenvalue weighted by atomic mass is 9.95. The van der Waals surface area contributed by atoms with Gasteiger partial charge >= 0.3 is 0 Å². The maximum atomic E-state index is 13.2. The molecular weight excluding hydrogens is 486 g/mol. The number of para-hydroxylation sites is 2. The largest absolute Gasteiger partial charge is 0.495 e. The summed E-state index contributed by atoms with van der Waals surface area (Å²) in [5, 5.41) is 4.14. The summed E-state index contributed by atoms with van der Waals surface area (Å²) in [4.78, 5) is 24.4. The van der Waals surface area contributed by atoms with E-state index >= 15 is 0 Å². The number of carbonyl (C=O) groups excluding carboxylic acids is 1. The van der Waals surface area contributed by atoms with Crippen LogP contribution in [0.15, 0.2) is 47.0 Å². The Kier molecular flexibility index (Phi) is 7.97. The molecule has 0 saturated carbocycles. The normalized spacial score (nSPS) is 16.9. The van der Waals surface area contributed by atoms with E-state index in [1.165, 1.54) is 0 Å². The van der Waals surface area contributed by atoms with Crippen molar-refractivity contribution in [3.63, 3.8) is 0 Å². The number of hydrogen-bond donors (Lipinski definition) is 0. The molecule has 0 radical (unpaired) electrons. The van der Waals surface area contributed by atoms with Crippen LogP contribution >= 0.6 is 0 Å². The van der Waals surface area contributed by atoms with Crippen LogP contribution in [-0.2, 0) is 11.3 Å². The van der Waals surface area contributed by atoms with Gasteiger partial charge in [-0.25, -0.2) is 0 Å². The molecule has 2 fully saturated rings. The fourth-order valence-corrected chi connectivity index (χ4v) is 5.26. The van der Waals surface area contributed by atoms with Gasteiger partial charge < -0.3 is 28.5 Å². The average Bonchev–Trinajstić information content (AvgIpc) is 3.45. The third-order valence-electron chi connectivity index (χ3n) is 7.42. The maximum Gasteiger partial charge on any atom is 0.241 e. The summed E-state index contributed by atoms with van der Waals surface area (Å²) in [6.07, 6.45) is 1.67. The SMILES string of the molecule is COc1ccc(-c2noc(CN3CCC(C(=O)N4CCN(c5ccccc5OC)CC4)CC3)n2)cc1OC. The van der Waals surface area contributed by atoms with Crippen LogP contribution in [0.2, 0.25) is 0 Å². The quantitative estimate of drug-likeness (QED) is 0.443. The van der Waals surface area contributed by atoms with Gasteiger partial charge in [0.15, 0.2) is 11.5 Å². The number of nitrogens with zero attached hydrogens (tertiary/aromatic N) is 5. The van der Waals surface area contributed by atoms with Gasteiger partial charge in [0.25, 0.3) is 0 Å².